The van der Waals surface area contributed by atoms with Crippen LogP contribution in [0.25, 0.3) is 10.9 Å². The first-order valence-corrected chi connectivity index (χ1v) is 9.23. The lowest BCUT2D eigenvalue weighted by Gasteiger charge is -2.36. The lowest BCUT2D eigenvalue weighted by Crippen LogP contribution is -2.49. The number of piperidine rings is 1. The van der Waals surface area contributed by atoms with E-state index in [0.29, 0.717) is 5.56 Å². The largest absolute Gasteiger partial charge is 0.347 e. The summed E-state index contributed by atoms with van der Waals surface area (Å²) < 4.78 is 12.9. The molecule has 7 nitrogen and oxygen atoms in total. The Morgan fingerprint density at radius 2 is 1.85 bits per heavy atom. The second-order valence-corrected chi connectivity index (χ2v) is 6.02. The normalized spacial score (nSPS) is 18.8. The van der Waals surface area contributed by atoms with Crippen molar-refractivity contribution in [3.63, 3.8) is 0 Å². The molecule has 0 radical (unpaired) electrons. The van der Waals surface area contributed by atoms with E-state index in [1.165, 1.54) is 0 Å². The van der Waals surface area contributed by atoms with Gasteiger partial charge >= 0.3 is 0 Å². The van der Waals surface area contributed by atoms with Crippen LogP contribution in [0.4, 0.5) is 0 Å². The highest BCUT2D eigenvalue weighted by molar-refractivity contribution is 5.96. The molecular formula is C19H30N4O3. The van der Waals surface area contributed by atoms with Crippen LogP contribution in [0.5, 0.6) is 0 Å². The van der Waals surface area contributed by atoms with Crippen LogP contribution >= 0.6 is 0 Å². The fourth-order valence-corrected chi connectivity index (χ4v) is 3.14. The number of hydrazine groups is 1. The van der Waals surface area contributed by atoms with Gasteiger partial charge < -0.3 is 9.47 Å². The third-order valence-corrected chi connectivity index (χ3v) is 4.48. The van der Waals surface area contributed by atoms with E-state index in [0.717, 1.165) is 56.3 Å². The summed E-state index contributed by atoms with van der Waals surface area (Å²) >= 11 is 0. The molecule has 0 unspecified atom stereocenters. The van der Waals surface area contributed by atoms with Gasteiger partial charge in [0.25, 0.3) is 0 Å². The highest BCUT2D eigenvalue weighted by Gasteiger charge is 2.39. The molecule has 26 heavy (non-hydrogen) atoms. The molecule has 1 aromatic carbocycles. The molecule has 1 spiro atoms. The number of hydrogen-bond donors (Lipinski definition) is 1. The van der Waals surface area contributed by atoms with Gasteiger partial charge in [-0.05, 0) is 13.1 Å². The smallest absolute Gasteiger partial charge is 0.171 e. The van der Waals surface area contributed by atoms with Crippen LogP contribution in [0.3, 0.4) is 0 Å². The van der Waals surface area contributed by atoms with Crippen molar-refractivity contribution < 1.29 is 14.3 Å². The number of rotatable bonds is 2. The van der Waals surface area contributed by atoms with Crippen LogP contribution < -0.4 is 5.43 Å². The molecule has 2 aliphatic rings. The number of aldehydes is 1. The number of carbonyl (C=O) groups excluding carboxylic acids is 1. The average molecular weight is 362 g/mol. The fourth-order valence-electron chi connectivity index (χ4n) is 3.14. The van der Waals surface area contributed by atoms with Crippen molar-refractivity contribution in [2.75, 3.05) is 33.4 Å². The fraction of sp³-hybridized carbons (Fsp3) is 0.579. The Kier molecular flexibility index (Phi) is 7.71. The number of nitrogens with one attached hydrogen (secondary N) is 1. The van der Waals surface area contributed by atoms with Crippen LogP contribution in [0.2, 0.25) is 0 Å². The SMILES string of the molecule is CC.CNN1CCC2(CC1)OCCO2.Cn1cc2c(C=O)cccc2n1. The minimum absolute atomic E-state index is 0.229. The van der Waals surface area contributed by atoms with Gasteiger partial charge in [-0.25, -0.2) is 5.01 Å². The van der Waals surface area contributed by atoms with Gasteiger partial charge in [0.05, 0.1) is 18.7 Å². The lowest BCUT2D eigenvalue weighted by atomic mass is 10.1. The number of ether oxygens (including phenoxy) is 2. The summed E-state index contributed by atoms with van der Waals surface area (Å²) in [6, 6.07) is 5.51. The molecular weight excluding hydrogens is 332 g/mol. The minimum atomic E-state index is -0.229. The topological polar surface area (TPSA) is 68.6 Å². The van der Waals surface area contributed by atoms with Gasteiger partial charge in [0, 0.05) is 50.1 Å². The summed E-state index contributed by atoms with van der Waals surface area (Å²) in [6.07, 6.45) is 4.66. The van der Waals surface area contributed by atoms with Crippen molar-refractivity contribution in [2.45, 2.75) is 32.5 Å². The van der Waals surface area contributed by atoms with Crippen molar-refractivity contribution in [2.24, 2.45) is 7.05 Å². The third-order valence-electron chi connectivity index (χ3n) is 4.48. The van der Waals surface area contributed by atoms with Gasteiger partial charge in [0.15, 0.2) is 12.1 Å². The lowest BCUT2D eigenvalue weighted by molar-refractivity contribution is -0.188. The summed E-state index contributed by atoms with van der Waals surface area (Å²) in [4.78, 5) is 10.6. The first-order valence-electron chi connectivity index (χ1n) is 9.23. The summed E-state index contributed by atoms with van der Waals surface area (Å²) in [7, 11) is 3.79. The van der Waals surface area contributed by atoms with Crippen LogP contribution in [0.1, 0.15) is 37.0 Å². The summed E-state index contributed by atoms with van der Waals surface area (Å²) in [5, 5.41) is 7.28. The molecule has 0 bridgehead atoms. The number of benzene rings is 1. The second-order valence-electron chi connectivity index (χ2n) is 6.02. The second kappa shape index (κ2) is 9.78. The van der Waals surface area contributed by atoms with Gasteiger partial charge in [-0.1, -0.05) is 26.0 Å². The zero-order valence-corrected chi connectivity index (χ0v) is 16.2. The van der Waals surface area contributed by atoms with E-state index in [-0.39, 0.29) is 5.79 Å². The Balaban J connectivity index is 0.000000171. The first-order chi connectivity index (χ1) is 12.7. The maximum Gasteiger partial charge on any atom is 0.171 e. The Hall–Kier alpha value is -1.80. The van der Waals surface area contributed by atoms with Crippen molar-refractivity contribution in [1.29, 1.82) is 0 Å². The quantitative estimate of drug-likeness (QED) is 0.827. The van der Waals surface area contributed by atoms with E-state index >= 15 is 0 Å². The molecule has 0 amide bonds. The monoisotopic (exact) mass is 362 g/mol. The highest BCUT2D eigenvalue weighted by Crippen LogP contribution is 2.30. The Labute approximate surface area is 155 Å². The first kappa shape index (κ1) is 20.5. The number of fused-ring (bicyclic) bond motifs is 1. The van der Waals surface area contributed by atoms with Crippen molar-refractivity contribution in [1.82, 2.24) is 20.2 Å². The molecule has 2 fully saturated rings. The van der Waals surface area contributed by atoms with E-state index in [1.807, 2.05) is 46.3 Å². The zero-order valence-electron chi connectivity index (χ0n) is 16.2. The average Bonchev–Trinajstić information content (AvgIpc) is 3.30. The molecule has 2 aliphatic heterocycles. The van der Waals surface area contributed by atoms with Crippen LogP contribution in [-0.2, 0) is 16.5 Å². The summed E-state index contributed by atoms with van der Waals surface area (Å²) in [5.41, 5.74) is 4.69. The van der Waals surface area contributed by atoms with Crippen LogP contribution in [0, 0.1) is 0 Å². The minimum Gasteiger partial charge on any atom is -0.347 e. The van der Waals surface area contributed by atoms with Gasteiger partial charge in [-0.3, -0.25) is 14.9 Å². The molecule has 3 heterocycles. The van der Waals surface area contributed by atoms with Gasteiger partial charge in [0.1, 0.15) is 0 Å². The van der Waals surface area contributed by atoms with Crippen LogP contribution in [0.15, 0.2) is 24.4 Å². The number of aromatic nitrogens is 2. The van der Waals surface area contributed by atoms with E-state index < -0.39 is 0 Å². The number of hydrogen-bond acceptors (Lipinski definition) is 6. The predicted octanol–water partition coefficient (Wildman–Crippen LogP) is 2.37. The highest BCUT2D eigenvalue weighted by atomic mass is 16.7. The maximum absolute atomic E-state index is 10.6. The van der Waals surface area contributed by atoms with Gasteiger partial charge in [-0.15, -0.1) is 0 Å². The molecule has 2 saturated heterocycles. The Bertz CT molecular complexity index is 685. The maximum atomic E-state index is 10.6. The van der Waals surface area contributed by atoms with Crippen molar-refractivity contribution >= 4 is 17.2 Å². The molecule has 2 aromatic rings. The molecule has 0 aliphatic carbocycles. The number of aryl methyl sites for hydroxylation is 1. The van der Waals surface area contributed by atoms with Crippen molar-refractivity contribution in [3.8, 4) is 0 Å². The molecule has 1 N–H and O–H groups in total. The Morgan fingerprint density at radius 1 is 1.19 bits per heavy atom. The van der Waals surface area contributed by atoms with E-state index in [2.05, 4.69) is 15.5 Å². The molecule has 1 aromatic heterocycles. The molecule has 4 rings (SSSR count). The molecule has 0 atom stereocenters. The van der Waals surface area contributed by atoms with Crippen LogP contribution in [-0.4, -0.2) is 60.2 Å². The molecule has 7 heteroatoms. The number of carbonyl (C=O) groups is 1. The molecule has 144 valence electrons. The van der Waals surface area contributed by atoms with E-state index in [4.69, 9.17) is 9.47 Å². The Morgan fingerprint density at radius 3 is 2.42 bits per heavy atom. The van der Waals surface area contributed by atoms with Gasteiger partial charge in [0.2, 0.25) is 0 Å². The zero-order chi connectivity index (χ0) is 19.0. The van der Waals surface area contributed by atoms with Crippen molar-refractivity contribution in [3.05, 3.63) is 30.0 Å². The summed E-state index contributed by atoms with van der Waals surface area (Å²) in [5.74, 6) is -0.229. The standard InChI is InChI=1S/C9H8N2O.C8H16N2O2.C2H6/c1-11-5-8-7(6-12)3-2-4-9(8)10-11;1-9-10-4-2-8(3-5-10)11-6-7-12-8;1-2/h2-6H,1H3;9H,2-7H2,1H3;1-2H3. The predicted molar refractivity (Wildman–Crippen MR) is 102 cm³/mol. The number of nitrogens with zero attached hydrogens (tertiary/aromatic N) is 3. The summed E-state index contributed by atoms with van der Waals surface area (Å²) in [6.45, 7) is 7.55. The van der Waals surface area contributed by atoms with E-state index in [1.54, 1.807) is 10.7 Å². The molecule has 0 saturated carbocycles. The third kappa shape index (κ3) is 4.88. The van der Waals surface area contributed by atoms with E-state index in [9.17, 15) is 4.79 Å². The van der Waals surface area contributed by atoms with Gasteiger partial charge in [-0.2, -0.15) is 5.10 Å².